The van der Waals surface area contributed by atoms with Gasteiger partial charge >= 0.3 is 0 Å². The molecule has 0 N–H and O–H groups in total. The number of hydrogen-bond acceptors (Lipinski definition) is 3. The predicted molar refractivity (Wildman–Crippen MR) is 67.6 cm³/mol. The monoisotopic (exact) mass is 226 g/mol. The van der Waals surface area contributed by atoms with Crippen LogP contribution >= 0.6 is 0 Å². The van der Waals surface area contributed by atoms with Crippen molar-refractivity contribution in [1.82, 2.24) is 9.80 Å². The number of carbonyl (C=O) groups is 1. The van der Waals surface area contributed by atoms with Gasteiger partial charge in [-0.1, -0.05) is 20.8 Å². The zero-order valence-electron chi connectivity index (χ0n) is 11.3. The van der Waals surface area contributed by atoms with Crippen molar-refractivity contribution in [2.45, 2.75) is 34.1 Å². The van der Waals surface area contributed by atoms with Crippen molar-refractivity contribution in [3.05, 3.63) is 0 Å². The van der Waals surface area contributed by atoms with Gasteiger partial charge < -0.3 is 4.90 Å². The Hall–Kier alpha value is -0.410. The van der Waals surface area contributed by atoms with E-state index in [1.165, 1.54) is 13.0 Å². The van der Waals surface area contributed by atoms with Crippen LogP contribution in [0.15, 0.2) is 0 Å². The van der Waals surface area contributed by atoms with Gasteiger partial charge in [-0.2, -0.15) is 0 Å². The van der Waals surface area contributed by atoms with E-state index in [-0.39, 0.29) is 5.78 Å². The summed E-state index contributed by atoms with van der Waals surface area (Å²) in [5.41, 5.74) is 0.427. The van der Waals surface area contributed by atoms with Crippen LogP contribution in [0.1, 0.15) is 34.1 Å². The molecular weight excluding hydrogens is 200 g/mol. The fourth-order valence-electron chi connectivity index (χ4n) is 1.98. The molecule has 0 radical (unpaired) electrons. The highest BCUT2D eigenvalue weighted by molar-refractivity contribution is 5.77. The molecule has 0 aromatic heterocycles. The molecule has 0 saturated carbocycles. The molecule has 3 heteroatoms. The van der Waals surface area contributed by atoms with E-state index < -0.39 is 0 Å². The molecule has 0 aromatic carbocycles. The van der Waals surface area contributed by atoms with Crippen LogP contribution in [0.2, 0.25) is 0 Å². The molecule has 1 aliphatic heterocycles. The summed E-state index contributed by atoms with van der Waals surface area (Å²) >= 11 is 0. The van der Waals surface area contributed by atoms with Gasteiger partial charge in [-0.3, -0.25) is 9.69 Å². The molecule has 1 aliphatic rings. The lowest BCUT2D eigenvalue weighted by atomic mass is 9.92. The van der Waals surface area contributed by atoms with Crippen LogP contribution in [0.25, 0.3) is 0 Å². The molecule has 16 heavy (non-hydrogen) atoms. The fourth-order valence-corrected chi connectivity index (χ4v) is 1.98. The normalized spacial score (nSPS) is 20.0. The lowest BCUT2D eigenvalue weighted by Crippen LogP contribution is -2.48. The summed E-state index contributed by atoms with van der Waals surface area (Å²) in [6.45, 7) is 14.7. The lowest BCUT2D eigenvalue weighted by Gasteiger charge is -2.35. The first kappa shape index (κ1) is 13.7. The summed E-state index contributed by atoms with van der Waals surface area (Å²) in [5.74, 6) is 0.281. The molecule has 1 fully saturated rings. The topological polar surface area (TPSA) is 23.6 Å². The van der Waals surface area contributed by atoms with Gasteiger partial charge in [0.05, 0.1) is 6.54 Å². The molecule has 3 nitrogen and oxygen atoms in total. The molecule has 1 rings (SSSR count). The van der Waals surface area contributed by atoms with Gasteiger partial charge in [0.1, 0.15) is 5.78 Å². The third kappa shape index (κ3) is 5.61. The van der Waals surface area contributed by atoms with Crippen LogP contribution in [-0.2, 0) is 4.79 Å². The Labute approximate surface area is 99.8 Å². The number of ketones is 1. The van der Waals surface area contributed by atoms with Crippen molar-refractivity contribution in [2.75, 3.05) is 39.3 Å². The maximum atomic E-state index is 11.0. The van der Waals surface area contributed by atoms with Crippen LogP contribution in [-0.4, -0.2) is 54.9 Å². The number of Topliss-reactive ketones (excluding diaryl/α,β-unsaturated/α-hetero) is 1. The van der Waals surface area contributed by atoms with E-state index in [1.54, 1.807) is 6.92 Å². The summed E-state index contributed by atoms with van der Waals surface area (Å²) in [4.78, 5) is 15.8. The smallest absolute Gasteiger partial charge is 0.143 e. The summed E-state index contributed by atoms with van der Waals surface area (Å²) in [5, 5.41) is 0. The maximum absolute atomic E-state index is 11.0. The Morgan fingerprint density at radius 2 is 1.56 bits per heavy atom. The maximum Gasteiger partial charge on any atom is 0.143 e. The van der Waals surface area contributed by atoms with Gasteiger partial charge in [0.2, 0.25) is 0 Å². The zero-order chi connectivity index (χ0) is 12.2. The second-order valence-electron chi connectivity index (χ2n) is 6.13. The average Bonchev–Trinajstić information content (AvgIpc) is 2.14. The van der Waals surface area contributed by atoms with Crippen LogP contribution in [0.3, 0.4) is 0 Å². The quantitative estimate of drug-likeness (QED) is 0.728. The van der Waals surface area contributed by atoms with E-state index in [0.717, 1.165) is 26.2 Å². The van der Waals surface area contributed by atoms with E-state index in [0.29, 0.717) is 12.0 Å². The molecule has 0 aromatic rings. The minimum Gasteiger partial charge on any atom is -0.301 e. The number of hydrogen-bond donors (Lipinski definition) is 0. The second-order valence-corrected chi connectivity index (χ2v) is 6.13. The van der Waals surface area contributed by atoms with Gasteiger partial charge in [0.15, 0.2) is 0 Å². The van der Waals surface area contributed by atoms with Crippen LogP contribution in [0.5, 0.6) is 0 Å². The molecular formula is C13H26N2O. The van der Waals surface area contributed by atoms with Crippen molar-refractivity contribution in [2.24, 2.45) is 5.41 Å². The van der Waals surface area contributed by atoms with E-state index in [4.69, 9.17) is 0 Å². The Bertz CT molecular complexity index is 225. The zero-order valence-corrected chi connectivity index (χ0v) is 11.3. The number of nitrogens with zero attached hydrogens (tertiary/aromatic N) is 2. The summed E-state index contributed by atoms with van der Waals surface area (Å²) in [6, 6.07) is 0. The highest BCUT2D eigenvalue weighted by atomic mass is 16.1. The SMILES string of the molecule is CC(=O)CN1CCN(CCC(C)(C)C)CC1. The van der Waals surface area contributed by atoms with Gasteiger partial charge in [-0.25, -0.2) is 0 Å². The molecule has 0 atom stereocenters. The molecule has 0 spiro atoms. The molecule has 0 amide bonds. The minimum atomic E-state index is 0.281. The van der Waals surface area contributed by atoms with Gasteiger partial charge in [-0.15, -0.1) is 0 Å². The molecule has 1 heterocycles. The Balaban J connectivity index is 2.19. The van der Waals surface area contributed by atoms with Crippen LogP contribution in [0.4, 0.5) is 0 Å². The Morgan fingerprint density at radius 1 is 1.06 bits per heavy atom. The summed E-state index contributed by atoms with van der Waals surface area (Å²) < 4.78 is 0. The Kier molecular flexibility index (Phi) is 4.93. The molecule has 1 saturated heterocycles. The second kappa shape index (κ2) is 5.78. The summed E-state index contributed by atoms with van der Waals surface area (Å²) in [6.07, 6.45) is 1.25. The molecule has 0 aliphatic carbocycles. The fraction of sp³-hybridized carbons (Fsp3) is 0.923. The van der Waals surface area contributed by atoms with Gasteiger partial charge in [-0.05, 0) is 25.3 Å². The third-order valence-electron chi connectivity index (χ3n) is 3.09. The summed E-state index contributed by atoms with van der Waals surface area (Å²) in [7, 11) is 0. The Morgan fingerprint density at radius 3 is 2.00 bits per heavy atom. The first-order valence-electron chi connectivity index (χ1n) is 6.31. The van der Waals surface area contributed by atoms with E-state index in [9.17, 15) is 4.79 Å². The number of rotatable bonds is 4. The first-order valence-corrected chi connectivity index (χ1v) is 6.31. The minimum absolute atomic E-state index is 0.281. The first-order chi connectivity index (χ1) is 7.37. The molecule has 94 valence electrons. The number of piperazine rings is 1. The van der Waals surface area contributed by atoms with Crippen molar-refractivity contribution in [3.63, 3.8) is 0 Å². The largest absolute Gasteiger partial charge is 0.301 e. The van der Waals surface area contributed by atoms with Crippen LogP contribution in [0, 0.1) is 5.41 Å². The standard InChI is InChI=1S/C13H26N2O/c1-12(16)11-15-9-7-14(8-10-15)6-5-13(2,3)4/h5-11H2,1-4H3. The van der Waals surface area contributed by atoms with Crippen molar-refractivity contribution in [1.29, 1.82) is 0 Å². The highest BCUT2D eigenvalue weighted by Crippen LogP contribution is 2.19. The average molecular weight is 226 g/mol. The van der Waals surface area contributed by atoms with E-state index in [1.807, 2.05) is 0 Å². The third-order valence-corrected chi connectivity index (χ3v) is 3.09. The molecule has 0 bridgehead atoms. The predicted octanol–water partition coefficient (Wildman–Crippen LogP) is 1.63. The van der Waals surface area contributed by atoms with Crippen molar-refractivity contribution in [3.8, 4) is 0 Å². The van der Waals surface area contributed by atoms with Crippen LogP contribution < -0.4 is 0 Å². The van der Waals surface area contributed by atoms with Crippen molar-refractivity contribution >= 4 is 5.78 Å². The van der Waals surface area contributed by atoms with Gasteiger partial charge in [0, 0.05) is 26.2 Å². The highest BCUT2D eigenvalue weighted by Gasteiger charge is 2.19. The lowest BCUT2D eigenvalue weighted by molar-refractivity contribution is -0.118. The van der Waals surface area contributed by atoms with E-state index >= 15 is 0 Å². The number of carbonyl (C=O) groups excluding carboxylic acids is 1. The molecule has 0 unspecified atom stereocenters. The van der Waals surface area contributed by atoms with Crippen molar-refractivity contribution < 1.29 is 4.79 Å². The van der Waals surface area contributed by atoms with Gasteiger partial charge in [0.25, 0.3) is 0 Å². The van der Waals surface area contributed by atoms with E-state index in [2.05, 4.69) is 30.6 Å².